The summed E-state index contributed by atoms with van der Waals surface area (Å²) in [6.45, 7) is 4.01. The monoisotopic (exact) mass is 261 g/mol. The second-order valence-corrected chi connectivity index (χ2v) is 5.13. The zero-order valence-electron chi connectivity index (χ0n) is 11.3. The van der Waals surface area contributed by atoms with Crippen LogP contribution in [-0.2, 0) is 4.74 Å². The van der Waals surface area contributed by atoms with E-state index in [0.717, 1.165) is 31.0 Å². The van der Waals surface area contributed by atoms with E-state index in [2.05, 4.69) is 21.8 Å². The summed E-state index contributed by atoms with van der Waals surface area (Å²) in [5.74, 6) is 1.92. The molecule has 6 nitrogen and oxygen atoms in total. The fourth-order valence-corrected chi connectivity index (χ4v) is 2.68. The van der Waals surface area contributed by atoms with Crippen LogP contribution in [0, 0.1) is 5.92 Å². The van der Waals surface area contributed by atoms with Crippen molar-refractivity contribution in [3.63, 3.8) is 0 Å². The first kappa shape index (κ1) is 12.2. The number of rotatable bonds is 2. The Labute approximate surface area is 112 Å². The molecule has 1 fully saturated rings. The highest BCUT2D eigenvalue weighted by molar-refractivity contribution is 5.66. The number of piperidine rings is 1. The van der Waals surface area contributed by atoms with Crippen molar-refractivity contribution >= 4 is 17.3 Å². The van der Waals surface area contributed by atoms with E-state index >= 15 is 0 Å². The standard InChI is InChI=1S/C13H19N5O/c1-9-3-5-17(7-10(9)19-2)13-12-15-4-6-18(12)8-11(14)16-13/h4,6,8-10H,3,5,7,14H2,1-2H3. The average Bonchev–Trinajstić information content (AvgIpc) is 2.86. The molecule has 1 aliphatic heterocycles. The van der Waals surface area contributed by atoms with Crippen LogP contribution in [0.2, 0.25) is 0 Å². The van der Waals surface area contributed by atoms with Crippen LogP contribution < -0.4 is 10.6 Å². The van der Waals surface area contributed by atoms with E-state index in [1.165, 1.54) is 0 Å². The minimum absolute atomic E-state index is 0.229. The fourth-order valence-electron chi connectivity index (χ4n) is 2.68. The van der Waals surface area contributed by atoms with Crippen molar-refractivity contribution in [3.05, 3.63) is 18.6 Å². The highest BCUT2D eigenvalue weighted by atomic mass is 16.5. The van der Waals surface area contributed by atoms with Crippen molar-refractivity contribution in [3.8, 4) is 0 Å². The Hall–Kier alpha value is -1.82. The lowest BCUT2D eigenvalue weighted by atomic mass is 9.96. The Bertz CT molecular complexity index is 581. The quantitative estimate of drug-likeness (QED) is 0.879. The van der Waals surface area contributed by atoms with Crippen LogP contribution in [-0.4, -0.2) is 40.7 Å². The van der Waals surface area contributed by atoms with Crippen LogP contribution in [0.15, 0.2) is 18.6 Å². The largest absolute Gasteiger partial charge is 0.382 e. The van der Waals surface area contributed by atoms with Crippen LogP contribution in [0.4, 0.5) is 11.6 Å². The number of aromatic nitrogens is 3. The van der Waals surface area contributed by atoms with E-state index in [9.17, 15) is 0 Å². The van der Waals surface area contributed by atoms with Gasteiger partial charge in [0, 0.05) is 32.6 Å². The third-order valence-electron chi connectivity index (χ3n) is 3.87. The topological polar surface area (TPSA) is 68.7 Å². The van der Waals surface area contributed by atoms with Gasteiger partial charge in [-0.2, -0.15) is 0 Å². The number of nitrogen functional groups attached to an aromatic ring is 1. The molecule has 3 rings (SSSR count). The molecule has 0 aromatic carbocycles. The molecule has 3 heterocycles. The normalized spacial score (nSPS) is 24.0. The molecule has 0 spiro atoms. The number of nitrogens with two attached hydrogens (primary N) is 1. The second kappa shape index (κ2) is 4.70. The fraction of sp³-hybridized carbons (Fsp3) is 0.538. The highest BCUT2D eigenvalue weighted by Crippen LogP contribution is 2.26. The smallest absolute Gasteiger partial charge is 0.180 e. The maximum Gasteiger partial charge on any atom is 0.180 e. The summed E-state index contributed by atoms with van der Waals surface area (Å²) in [6.07, 6.45) is 6.75. The molecule has 2 aromatic heterocycles. The van der Waals surface area contributed by atoms with Crippen molar-refractivity contribution in [2.75, 3.05) is 30.8 Å². The van der Waals surface area contributed by atoms with E-state index in [4.69, 9.17) is 10.5 Å². The van der Waals surface area contributed by atoms with Crippen molar-refractivity contribution in [2.24, 2.45) is 5.92 Å². The Morgan fingerprint density at radius 2 is 2.32 bits per heavy atom. The van der Waals surface area contributed by atoms with Crippen LogP contribution in [0.25, 0.3) is 5.65 Å². The molecule has 2 N–H and O–H groups in total. The Morgan fingerprint density at radius 3 is 3.11 bits per heavy atom. The highest BCUT2D eigenvalue weighted by Gasteiger charge is 2.28. The van der Waals surface area contributed by atoms with Gasteiger partial charge in [0.05, 0.1) is 12.3 Å². The maximum atomic E-state index is 5.87. The summed E-state index contributed by atoms with van der Waals surface area (Å²) < 4.78 is 7.47. The molecular formula is C13H19N5O. The van der Waals surface area contributed by atoms with Gasteiger partial charge in [0.1, 0.15) is 5.82 Å². The molecule has 1 saturated heterocycles. The van der Waals surface area contributed by atoms with Gasteiger partial charge in [0.25, 0.3) is 0 Å². The molecule has 0 radical (unpaired) electrons. The zero-order chi connectivity index (χ0) is 13.4. The number of anilines is 2. The molecule has 0 amide bonds. The number of imidazole rings is 1. The van der Waals surface area contributed by atoms with Gasteiger partial charge in [-0.1, -0.05) is 6.92 Å². The van der Waals surface area contributed by atoms with E-state index in [0.29, 0.717) is 11.7 Å². The van der Waals surface area contributed by atoms with Gasteiger partial charge < -0.3 is 19.8 Å². The van der Waals surface area contributed by atoms with Crippen molar-refractivity contribution in [2.45, 2.75) is 19.4 Å². The van der Waals surface area contributed by atoms with Gasteiger partial charge in [-0.3, -0.25) is 0 Å². The summed E-state index contributed by atoms with van der Waals surface area (Å²) in [5, 5.41) is 0. The molecule has 2 unspecified atom stereocenters. The number of fused-ring (bicyclic) bond motifs is 1. The molecule has 0 bridgehead atoms. The third kappa shape index (κ3) is 2.12. The lowest BCUT2D eigenvalue weighted by molar-refractivity contribution is 0.0497. The third-order valence-corrected chi connectivity index (χ3v) is 3.87. The van der Waals surface area contributed by atoms with Gasteiger partial charge >= 0.3 is 0 Å². The molecule has 19 heavy (non-hydrogen) atoms. The van der Waals surface area contributed by atoms with Crippen molar-refractivity contribution < 1.29 is 4.74 Å². The van der Waals surface area contributed by atoms with Gasteiger partial charge in [0.2, 0.25) is 0 Å². The summed E-state index contributed by atoms with van der Waals surface area (Å²) in [6, 6.07) is 0. The molecule has 2 aromatic rings. The lowest BCUT2D eigenvalue weighted by Gasteiger charge is -2.36. The van der Waals surface area contributed by atoms with Crippen molar-refractivity contribution in [1.29, 1.82) is 0 Å². The van der Waals surface area contributed by atoms with Gasteiger partial charge in [-0.05, 0) is 12.3 Å². The summed E-state index contributed by atoms with van der Waals surface area (Å²) in [7, 11) is 1.77. The zero-order valence-corrected chi connectivity index (χ0v) is 11.3. The predicted molar refractivity (Wildman–Crippen MR) is 74.2 cm³/mol. The number of methoxy groups -OCH3 is 1. The molecule has 102 valence electrons. The number of hydrogen-bond acceptors (Lipinski definition) is 5. The minimum atomic E-state index is 0.229. The second-order valence-electron chi connectivity index (χ2n) is 5.13. The summed E-state index contributed by atoms with van der Waals surface area (Å²) in [5.41, 5.74) is 6.71. The lowest BCUT2D eigenvalue weighted by Crippen LogP contribution is -2.44. The van der Waals surface area contributed by atoms with E-state index in [1.54, 1.807) is 19.5 Å². The Balaban J connectivity index is 1.97. The predicted octanol–water partition coefficient (Wildman–Crippen LogP) is 1.17. The first-order valence-corrected chi connectivity index (χ1v) is 6.56. The van der Waals surface area contributed by atoms with Gasteiger partial charge in [-0.15, -0.1) is 0 Å². The molecule has 0 saturated carbocycles. The molecule has 0 aliphatic carbocycles. The van der Waals surface area contributed by atoms with Gasteiger partial charge in [0.15, 0.2) is 11.5 Å². The Morgan fingerprint density at radius 1 is 1.47 bits per heavy atom. The van der Waals surface area contributed by atoms with E-state index in [-0.39, 0.29) is 6.10 Å². The van der Waals surface area contributed by atoms with Crippen LogP contribution in [0.3, 0.4) is 0 Å². The summed E-state index contributed by atoms with van der Waals surface area (Å²) in [4.78, 5) is 11.0. The number of hydrogen-bond donors (Lipinski definition) is 1. The molecular weight excluding hydrogens is 242 g/mol. The SMILES string of the molecule is COC1CN(c2nc(N)cn3ccnc23)CCC1C. The number of ether oxygens (including phenoxy) is 1. The Kier molecular flexibility index (Phi) is 3.02. The molecule has 2 atom stereocenters. The maximum absolute atomic E-state index is 5.87. The van der Waals surface area contributed by atoms with Crippen LogP contribution in [0.1, 0.15) is 13.3 Å². The van der Waals surface area contributed by atoms with E-state index in [1.807, 2.05) is 10.6 Å². The molecule has 1 aliphatic rings. The van der Waals surface area contributed by atoms with Crippen molar-refractivity contribution in [1.82, 2.24) is 14.4 Å². The first-order chi connectivity index (χ1) is 9.19. The van der Waals surface area contributed by atoms with E-state index < -0.39 is 0 Å². The summed E-state index contributed by atoms with van der Waals surface area (Å²) >= 11 is 0. The average molecular weight is 261 g/mol. The first-order valence-electron chi connectivity index (χ1n) is 6.56. The van der Waals surface area contributed by atoms with Crippen LogP contribution >= 0.6 is 0 Å². The molecule has 6 heteroatoms. The van der Waals surface area contributed by atoms with Gasteiger partial charge in [-0.25, -0.2) is 9.97 Å². The number of nitrogens with zero attached hydrogens (tertiary/aromatic N) is 4. The minimum Gasteiger partial charge on any atom is -0.382 e. The van der Waals surface area contributed by atoms with Crippen LogP contribution in [0.5, 0.6) is 0 Å².